The molecule has 0 unspecified atom stereocenters. The summed E-state index contributed by atoms with van der Waals surface area (Å²) in [7, 11) is -1.09. The van der Waals surface area contributed by atoms with Gasteiger partial charge in [-0.1, -0.05) is 36.4 Å². The van der Waals surface area contributed by atoms with E-state index in [0.29, 0.717) is 17.9 Å². The molecule has 0 radical (unpaired) electrons. The minimum Gasteiger partial charge on any atom is -0.364 e. The van der Waals surface area contributed by atoms with Crippen LogP contribution in [0.1, 0.15) is 10.4 Å². The first-order chi connectivity index (χ1) is 11.7. The van der Waals surface area contributed by atoms with Crippen LogP contribution in [-0.2, 0) is 10.8 Å². The molecule has 0 aromatic heterocycles. The molecule has 0 bridgehead atoms. The second-order valence-corrected chi connectivity index (χ2v) is 7.12. The number of amides is 1. The van der Waals surface area contributed by atoms with Crippen LogP contribution in [0.15, 0.2) is 71.6 Å². The van der Waals surface area contributed by atoms with E-state index in [4.69, 9.17) is 0 Å². The third kappa shape index (κ3) is 4.11. The summed E-state index contributed by atoms with van der Waals surface area (Å²) in [6, 6.07) is 16.9. The molecule has 1 N–H and O–H groups in total. The summed E-state index contributed by atoms with van der Waals surface area (Å²) >= 11 is 0. The standard InChI is InChI=1S/C19H20N2O2S/c22-19(20-11-14-24(23)18-9-2-1-3-10-18)16-7-6-8-17(15-16)21-12-4-5-13-21/h1-10,15H,11-14H2,(H,20,22)/t24-/m1/s1. The van der Waals surface area contributed by atoms with Crippen LogP contribution in [0.4, 0.5) is 5.69 Å². The summed E-state index contributed by atoms with van der Waals surface area (Å²) < 4.78 is 12.1. The predicted molar refractivity (Wildman–Crippen MR) is 97.8 cm³/mol. The Bertz CT molecular complexity index is 751. The first-order valence-electron chi connectivity index (χ1n) is 7.96. The van der Waals surface area contributed by atoms with Crippen molar-refractivity contribution >= 4 is 22.4 Å². The number of nitrogens with one attached hydrogen (secondary N) is 1. The van der Waals surface area contributed by atoms with Crippen molar-refractivity contribution in [3.8, 4) is 0 Å². The van der Waals surface area contributed by atoms with E-state index >= 15 is 0 Å². The van der Waals surface area contributed by atoms with Crippen molar-refractivity contribution in [3.63, 3.8) is 0 Å². The van der Waals surface area contributed by atoms with Crippen LogP contribution in [0.3, 0.4) is 0 Å². The molecule has 0 fully saturated rings. The fourth-order valence-corrected chi connectivity index (χ4v) is 3.57. The maximum atomic E-state index is 12.3. The number of carbonyl (C=O) groups excluding carboxylic acids is 1. The first-order valence-corrected chi connectivity index (χ1v) is 9.27. The third-order valence-electron chi connectivity index (χ3n) is 3.87. The van der Waals surface area contributed by atoms with Gasteiger partial charge in [-0.2, -0.15) is 0 Å². The molecule has 0 saturated carbocycles. The van der Waals surface area contributed by atoms with Crippen molar-refractivity contribution in [2.24, 2.45) is 0 Å². The van der Waals surface area contributed by atoms with Gasteiger partial charge < -0.3 is 10.2 Å². The molecule has 4 nitrogen and oxygen atoms in total. The largest absolute Gasteiger partial charge is 0.364 e. The number of rotatable bonds is 6. The van der Waals surface area contributed by atoms with E-state index < -0.39 is 10.8 Å². The van der Waals surface area contributed by atoms with E-state index in [9.17, 15) is 9.00 Å². The van der Waals surface area contributed by atoms with Gasteiger partial charge in [-0.15, -0.1) is 0 Å². The van der Waals surface area contributed by atoms with Gasteiger partial charge in [0.2, 0.25) is 0 Å². The Morgan fingerprint density at radius 2 is 1.79 bits per heavy atom. The molecule has 3 rings (SSSR count). The highest BCUT2D eigenvalue weighted by Gasteiger charge is 2.11. The summed E-state index contributed by atoms with van der Waals surface area (Å²) in [6.45, 7) is 2.14. The fraction of sp³-hybridized carbons (Fsp3) is 0.211. The summed E-state index contributed by atoms with van der Waals surface area (Å²) in [5.41, 5.74) is 1.67. The Morgan fingerprint density at radius 1 is 1.04 bits per heavy atom. The summed E-state index contributed by atoms with van der Waals surface area (Å²) in [4.78, 5) is 15.3. The Kier molecular flexibility index (Phi) is 5.43. The molecule has 1 atom stereocenters. The maximum absolute atomic E-state index is 12.3. The lowest BCUT2D eigenvalue weighted by molar-refractivity contribution is 0.0956. The number of nitrogens with zero attached hydrogens (tertiary/aromatic N) is 1. The molecule has 0 aliphatic carbocycles. The van der Waals surface area contributed by atoms with E-state index in [0.717, 1.165) is 23.7 Å². The molecule has 2 aromatic rings. The van der Waals surface area contributed by atoms with Crippen molar-refractivity contribution in [1.29, 1.82) is 0 Å². The Labute approximate surface area is 144 Å². The Hall–Kier alpha value is -2.40. The highest BCUT2D eigenvalue weighted by molar-refractivity contribution is 7.85. The van der Waals surface area contributed by atoms with E-state index in [1.54, 1.807) is 6.07 Å². The van der Waals surface area contributed by atoms with Crippen LogP contribution in [0.25, 0.3) is 0 Å². The van der Waals surface area contributed by atoms with Crippen LogP contribution < -0.4 is 10.2 Å². The van der Waals surface area contributed by atoms with E-state index in [2.05, 4.69) is 22.4 Å². The van der Waals surface area contributed by atoms with Crippen molar-refractivity contribution in [3.05, 3.63) is 72.3 Å². The smallest absolute Gasteiger partial charge is 0.251 e. The van der Waals surface area contributed by atoms with Gasteiger partial charge in [-0.25, -0.2) is 0 Å². The van der Waals surface area contributed by atoms with Gasteiger partial charge in [0.25, 0.3) is 5.91 Å². The molecular weight excluding hydrogens is 320 g/mol. The SMILES string of the molecule is O=C(NCC[S@@](=O)c1ccccc1)c1cccc(N2CC=CC2)c1. The van der Waals surface area contributed by atoms with Gasteiger partial charge >= 0.3 is 0 Å². The van der Waals surface area contributed by atoms with Crippen LogP contribution >= 0.6 is 0 Å². The molecule has 2 aromatic carbocycles. The van der Waals surface area contributed by atoms with Crippen molar-refractivity contribution in [2.45, 2.75) is 4.90 Å². The van der Waals surface area contributed by atoms with E-state index in [1.807, 2.05) is 48.5 Å². The topological polar surface area (TPSA) is 49.4 Å². The third-order valence-corrected chi connectivity index (χ3v) is 5.24. The maximum Gasteiger partial charge on any atom is 0.251 e. The van der Waals surface area contributed by atoms with Crippen LogP contribution in [0.2, 0.25) is 0 Å². The highest BCUT2D eigenvalue weighted by atomic mass is 32.2. The first kappa shape index (κ1) is 16.5. The van der Waals surface area contributed by atoms with Crippen molar-refractivity contribution < 1.29 is 9.00 Å². The molecule has 24 heavy (non-hydrogen) atoms. The second kappa shape index (κ2) is 7.93. The Balaban J connectivity index is 1.53. The molecule has 0 saturated heterocycles. The number of carbonyl (C=O) groups is 1. The summed E-state index contributed by atoms with van der Waals surface area (Å²) in [6.07, 6.45) is 4.23. The van der Waals surface area contributed by atoms with E-state index in [1.165, 1.54) is 0 Å². The molecule has 124 valence electrons. The number of hydrogen-bond acceptors (Lipinski definition) is 3. The van der Waals surface area contributed by atoms with Crippen LogP contribution in [-0.4, -0.2) is 35.5 Å². The zero-order valence-corrected chi connectivity index (χ0v) is 14.2. The normalized spacial score (nSPS) is 14.6. The average molecular weight is 340 g/mol. The molecule has 1 aliphatic heterocycles. The van der Waals surface area contributed by atoms with Crippen molar-refractivity contribution in [2.75, 3.05) is 30.3 Å². The molecule has 1 heterocycles. The zero-order valence-electron chi connectivity index (χ0n) is 13.4. The molecule has 5 heteroatoms. The Morgan fingerprint density at radius 3 is 2.54 bits per heavy atom. The second-order valence-electron chi connectivity index (χ2n) is 5.55. The van der Waals surface area contributed by atoms with Gasteiger partial charge in [-0.3, -0.25) is 9.00 Å². The van der Waals surface area contributed by atoms with Gasteiger partial charge in [0, 0.05) is 41.5 Å². The van der Waals surface area contributed by atoms with Crippen LogP contribution in [0, 0.1) is 0 Å². The quantitative estimate of drug-likeness (QED) is 0.823. The van der Waals surface area contributed by atoms with Gasteiger partial charge in [0.1, 0.15) is 0 Å². The number of hydrogen-bond donors (Lipinski definition) is 1. The minimum absolute atomic E-state index is 0.130. The van der Waals surface area contributed by atoms with Crippen molar-refractivity contribution in [1.82, 2.24) is 5.32 Å². The fourth-order valence-electron chi connectivity index (χ4n) is 2.58. The highest BCUT2D eigenvalue weighted by Crippen LogP contribution is 2.18. The number of benzene rings is 2. The van der Waals surface area contributed by atoms with Crippen LogP contribution in [0.5, 0.6) is 0 Å². The monoisotopic (exact) mass is 340 g/mol. The lowest BCUT2D eigenvalue weighted by Crippen LogP contribution is -2.28. The molecule has 1 aliphatic rings. The summed E-state index contributed by atoms with van der Waals surface area (Å²) in [5, 5.41) is 2.85. The molecule has 1 amide bonds. The van der Waals surface area contributed by atoms with Gasteiger partial charge in [0.05, 0.1) is 10.8 Å². The lowest BCUT2D eigenvalue weighted by atomic mass is 10.1. The summed E-state index contributed by atoms with van der Waals surface area (Å²) in [5.74, 6) is 0.278. The predicted octanol–water partition coefficient (Wildman–Crippen LogP) is 2.60. The van der Waals surface area contributed by atoms with Gasteiger partial charge in [-0.05, 0) is 30.3 Å². The minimum atomic E-state index is -1.09. The van der Waals surface area contributed by atoms with Gasteiger partial charge in [0.15, 0.2) is 0 Å². The number of anilines is 1. The average Bonchev–Trinajstić information content (AvgIpc) is 3.17. The van der Waals surface area contributed by atoms with E-state index in [-0.39, 0.29) is 5.91 Å². The molecule has 0 spiro atoms. The lowest BCUT2D eigenvalue weighted by Gasteiger charge is -2.18. The molecular formula is C19H20N2O2S. The zero-order chi connectivity index (χ0) is 16.8.